The molecule has 132 valence electrons. The van der Waals surface area contributed by atoms with E-state index in [9.17, 15) is 4.79 Å². The molecule has 0 saturated carbocycles. The zero-order chi connectivity index (χ0) is 19.7. The average Bonchev–Trinajstić information content (AvgIpc) is 2.62. The zero-order valence-corrected chi connectivity index (χ0v) is 14.2. The third kappa shape index (κ3) is 5.64. The first-order valence-electron chi connectivity index (χ1n) is 7.23. The summed E-state index contributed by atoms with van der Waals surface area (Å²) in [5.74, 6) is 0.382. The second-order valence-corrected chi connectivity index (χ2v) is 5.42. The Bertz CT molecular complexity index is 856. The van der Waals surface area contributed by atoms with E-state index in [1.807, 2.05) is 6.07 Å². The number of hydrogen-bond donors (Lipinski definition) is 2. The van der Waals surface area contributed by atoms with Crippen LogP contribution in [0, 0.1) is 17.9 Å². The number of amides is 2. The Kier molecular flexibility index (Phi) is 6.85. The number of nitrogens with two attached hydrogens (primary N) is 1. The van der Waals surface area contributed by atoms with Crippen LogP contribution >= 0.6 is 0 Å². The first-order valence-corrected chi connectivity index (χ1v) is 7.23. The van der Waals surface area contributed by atoms with Crippen molar-refractivity contribution in [3.63, 3.8) is 0 Å². The highest BCUT2D eigenvalue weighted by Gasteiger charge is 2.32. The van der Waals surface area contributed by atoms with E-state index in [0.717, 1.165) is 0 Å². The predicted octanol–water partition coefficient (Wildman–Crippen LogP) is 3.50. The number of benzene rings is 2. The van der Waals surface area contributed by atoms with Crippen molar-refractivity contribution in [2.75, 3.05) is 14.1 Å². The molecule has 8 heteroatoms. The van der Waals surface area contributed by atoms with Crippen molar-refractivity contribution in [2.24, 2.45) is 5.73 Å². The number of nitrogens with zero attached hydrogens (tertiary/aromatic N) is 3. The molecule has 0 aromatic heterocycles. The van der Waals surface area contributed by atoms with E-state index in [-0.39, 0.29) is 4.48 Å². The molecule has 0 atom stereocenters. The molecule has 2 rings (SSSR count). The van der Waals surface area contributed by atoms with Gasteiger partial charge in [-0.15, -0.1) is 0 Å². The molecule has 0 unspecified atom stereocenters. The maximum Gasteiger partial charge on any atom is 0.526 e. The molecule has 8 nitrogen and oxygen atoms in total. The molecule has 0 aliphatic rings. The van der Waals surface area contributed by atoms with E-state index in [2.05, 4.69) is 10.6 Å². The molecule has 2 aromatic carbocycles. The van der Waals surface area contributed by atoms with Crippen LogP contribution in [0.5, 0.6) is 5.75 Å². The molecule has 2 aromatic rings. The van der Waals surface area contributed by atoms with Crippen molar-refractivity contribution >= 4 is 23.6 Å². The van der Waals surface area contributed by atoms with E-state index in [0.29, 0.717) is 22.7 Å². The summed E-state index contributed by atoms with van der Waals surface area (Å²) in [6.07, 6.45) is -1.79. The van der Waals surface area contributed by atoms with Gasteiger partial charge in [0.1, 0.15) is 11.4 Å². The Morgan fingerprint density at radius 1 is 1.15 bits per heavy atom. The number of hydrogen-bond acceptors (Lipinski definition) is 4. The molecule has 0 spiro atoms. The lowest BCUT2D eigenvalue weighted by atomic mass is 10.2. The SMILES string of the molecule is NC(=O)O.[C-]#[N+]c1ccc([N+](C)(C)C(=O)Oc2ccc(C#N)cc2)cc1. The van der Waals surface area contributed by atoms with Crippen LogP contribution < -0.4 is 15.0 Å². The van der Waals surface area contributed by atoms with Crippen molar-refractivity contribution in [3.8, 4) is 11.8 Å². The number of quaternary nitrogens is 1. The van der Waals surface area contributed by atoms with Gasteiger partial charge in [-0.1, -0.05) is 12.1 Å². The van der Waals surface area contributed by atoms with Crippen LogP contribution in [0.25, 0.3) is 4.85 Å². The van der Waals surface area contributed by atoms with E-state index in [1.54, 1.807) is 62.6 Å². The lowest BCUT2D eigenvalue weighted by Gasteiger charge is -2.24. The molecule has 0 heterocycles. The molecule has 0 saturated heterocycles. The zero-order valence-electron chi connectivity index (χ0n) is 14.2. The molecule has 2 amide bonds. The summed E-state index contributed by atoms with van der Waals surface area (Å²) < 4.78 is 5.24. The number of rotatable bonds is 2. The van der Waals surface area contributed by atoms with Gasteiger partial charge in [0, 0.05) is 0 Å². The van der Waals surface area contributed by atoms with Gasteiger partial charge in [0.15, 0.2) is 5.69 Å². The number of carbonyl (C=O) groups is 2. The minimum Gasteiger partial charge on any atom is -0.465 e. The lowest BCUT2D eigenvalue weighted by Crippen LogP contribution is -2.48. The van der Waals surface area contributed by atoms with Gasteiger partial charge < -0.3 is 15.6 Å². The van der Waals surface area contributed by atoms with Gasteiger partial charge in [-0.25, -0.2) is 9.64 Å². The average molecular weight is 353 g/mol. The Morgan fingerprint density at radius 2 is 1.65 bits per heavy atom. The van der Waals surface area contributed by atoms with Gasteiger partial charge in [0.25, 0.3) is 0 Å². The highest BCUT2D eigenvalue weighted by molar-refractivity contribution is 5.83. The van der Waals surface area contributed by atoms with Gasteiger partial charge in [0.2, 0.25) is 0 Å². The smallest absolute Gasteiger partial charge is 0.465 e. The van der Waals surface area contributed by atoms with Crippen molar-refractivity contribution in [2.45, 2.75) is 0 Å². The maximum absolute atomic E-state index is 12.4. The fraction of sp³-hybridized carbons (Fsp3) is 0.111. The van der Waals surface area contributed by atoms with Crippen LogP contribution in [-0.2, 0) is 0 Å². The molecular formula is C18H17N4O4+. The molecular weight excluding hydrogens is 336 g/mol. The molecule has 26 heavy (non-hydrogen) atoms. The monoisotopic (exact) mass is 353 g/mol. The summed E-state index contributed by atoms with van der Waals surface area (Å²) in [6.45, 7) is 6.94. The predicted molar refractivity (Wildman–Crippen MR) is 95.7 cm³/mol. The summed E-state index contributed by atoms with van der Waals surface area (Å²) >= 11 is 0. The van der Waals surface area contributed by atoms with Gasteiger partial charge in [0.05, 0.1) is 32.3 Å². The van der Waals surface area contributed by atoms with Crippen LogP contribution in [-0.4, -0.2) is 31.4 Å². The van der Waals surface area contributed by atoms with Crippen LogP contribution in [0.1, 0.15) is 5.56 Å². The molecule has 0 aliphatic heterocycles. The molecule has 0 bridgehead atoms. The third-order valence-electron chi connectivity index (χ3n) is 3.27. The van der Waals surface area contributed by atoms with Crippen LogP contribution in [0.4, 0.5) is 21.0 Å². The fourth-order valence-corrected chi connectivity index (χ4v) is 1.82. The molecule has 0 aliphatic carbocycles. The van der Waals surface area contributed by atoms with Crippen molar-refractivity contribution in [1.82, 2.24) is 4.48 Å². The van der Waals surface area contributed by atoms with E-state index < -0.39 is 12.2 Å². The first-order chi connectivity index (χ1) is 12.2. The Labute approximate surface area is 150 Å². The maximum atomic E-state index is 12.4. The highest BCUT2D eigenvalue weighted by atomic mass is 16.6. The second kappa shape index (κ2) is 8.83. The topological polar surface area (TPSA) is 118 Å². The quantitative estimate of drug-likeness (QED) is 0.633. The van der Waals surface area contributed by atoms with Gasteiger partial charge in [-0.3, -0.25) is 0 Å². The Morgan fingerprint density at radius 3 is 2.08 bits per heavy atom. The number of carboxylic acid groups (broad SMARTS) is 1. The first kappa shape index (κ1) is 20.2. The third-order valence-corrected chi connectivity index (χ3v) is 3.27. The number of primary amides is 1. The fourth-order valence-electron chi connectivity index (χ4n) is 1.82. The van der Waals surface area contributed by atoms with Gasteiger partial charge in [-0.2, -0.15) is 14.5 Å². The number of nitriles is 1. The van der Waals surface area contributed by atoms with Gasteiger partial charge >= 0.3 is 12.2 Å². The normalized spacial score (nSPS) is 9.69. The number of ether oxygens (including phenoxy) is 1. The summed E-state index contributed by atoms with van der Waals surface area (Å²) in [5, 5.41) is 15.9. The van der Waals surface area contributed by atoms with Gasteiger partial charge in [-0.05, 0) is 36.4 Å². The molecule has 3 N–H and O–H groups in total. The summed E-state index contributed by atoms with van der Waals surface area (Å²) in [5.41, 5.74) is 5.76. The largest absolute Gasteiger partial charge is 0.526 e. The Hall–Kier alpha value is -3.88. The van der Waals surface area contributed by atoms with Crippen molar-refractivity contribution in [3.05, 3.63) is 65.5 Å². The Balaban J connectivity index is 0.000000765. The molecule has 0 radical (unpaired) electrons. The van der Waals surface area contributed by atoms with Crippen molar-refractivity contribution in [1.29, 1.82) is 5.26 Å². The minimum absolute atomic E-state index is 0.113. The summed E-state index contributed by atoms with van der Waals surface area (Å²) in [6, 6.07) is 15.1. The minimum atomic E-state index is -1.33. The molecule has 0 fully saturated rings. The van der Waals surface area contributed by atoms with E-state index in [1.165, 1.54) is 0 Å². The van der Waals surface area contributed by atoms with Crippen molar-refractivity contribution < 1.29 is 19.4 Å². The van der Waals surface area contributed by atoms with Crippen LogP contribution in [0.3, 0.4) is 0 Å². The highest BCUT2D eigenvalue weighted by Crippen LogP contribution is 2.24. The second-order valence-electron chi connectivity index (χ2n) is 5.42. The number of carbonyl (C=O) groups excluding carboxylic acids is 1. The van der Waals surface area contributed by atoms with E-state index in [4.69, 9.17) is 26.5 Å². The van der Waals surface area contributed by atoms with Crippen LogP contribution in [0.2, 0.25) is 0 Å². The van der Waals surface area contributed by atoms with Crippen LogP contribution in [0.15, 0.2) is 48.5 Å². The summed E-state index contributed by atoms with van der Waals surface area (Å²) in [4.78, 5) is 24.5. The van der Waals surface area contributed by atoms with E-state index >= 15 is 0 Å². The summed E-state index contributed by atoms with van der Waals surface area (Å²) in [7, 11) is 3.41. The lowest BCUT2D eigenvalue weighted by molar-refractivity contribution is 0.172. The standard InChI is InChI=1S/C17H14N3O2.CH3NO2/c1-19-14-6-8-15(9-7-14)20(2,3)17(21)22-16-10-4-13(12-18)5-11-16;2-1(3)4/h4-11H,2-3H3;2H2,(H,3,4)/q+1;.